The van der Waals surface area contributed by atoms with Gasteiger partial charge in [0.15, 0.2) is 0 Å². The van der Waals surface area contributed by atoms with Crippen LogP contribution in [0.3, 0.4) is 0 Å². The van der Waals surface area contributed by atoms with Crippen LogP contribution in [0.4, 0.5) is 13.2 Å². The molecule has 1 aromatic carbocycles. The van der Waals surface area contributed by atoms with E-state index in [0.717, 1.165) is 0 Å². The fourth-order valence-corrected chi connectivity index (χ4v) is 1.92. The molecule has 0 saturated heterocycles. The van der Waals surface area contributed by atoms with Crippen LogP contribution in [-0.4, -0.2) is 13.9 Å². The van der Waals surface area contributed by atoms with E-state index in [4.69, 9.17) is 11.6 Å². The van der Waals surface area contributed by atoms with Crippen molar-refractivity contribution in [1.82, 2.24) is 0 Å². The van der Waals surface area contributed by atoms with Crippen LogP contribution in [-0.2, 0) is 15.6 Å². The fourth-order valence-electron chi connectivity index (χ4n) is 0.928. The number of halogens is 4. The van der Waals surface area contributed by atoms with E-state index in [9.17, 15) is 21.6 Å². The lowest BCUT2D eigenvalue weighted by Crippen LogP contribution is -2.24. The number of alkyl halides is 3. The SMILES string of the molecule is O=S(=O)(Cc1cccc(Cl)c1)C(F)(F)F. The molecule has 0 saturated carbocycles. The van der Waals surface area contributed by atoms with E-state index in [1.54, 1.807) is 0 Å². The molecule has 0 heterocycles. The van der Waals surface area contributed by atoms with E-state index in [1.165, 1.54) is 24.3 Å². The van der Waals surface area contributed by atoms with E-state index in [1.807, 2.05) is 0 Å². The number of benzene rings is 1. The molecule has 1 rings (SSSR count). The monoisotopic (exact) mass is 258 g/mol. The minimum atomic E-state index is -5.23. The minimum absolute atomic E-state index is 0.0137. The van der Waals surface area contributed by atoms with Crippen molar-refractivity contribution in [2.75, 3.05) is 0 Å². The maximum Gasteiger partial charge on any atom is 0.497 e. The average Bonchev–Trinajstić information content (AvgIpc) is 2.00. The lowest BCUT2D eigenvalue weighted by Gasteiger charge is -2.07. The van der Waals surface area contributed by atoms with Gasteiger partial charge in [0, 0.05) is 5.02 Å². The number of rotatable bonds is 2. The minimum Gasteiger partial charge on any atom is -0.219 e. The van der Waals surface area contributed by atoms with Gasteiger partial charge in [-0.3, -0.25) is 0 Å². The highest BCUT2D eigenvalue weighted by Crippen LogP contribution is 2.27. The van der Waals surface area contributed by atoms with E-state index in [-0.39, 0.29) is 10.6 Å². The lowest BCUT2D eigenvalue weighted by molar-refractivity contribution is -0.0437. The Hall–Kier alpha value is -0.750. The molecule has 0 aliphatic carbocycles. The van der Waals surface area contributed by atoms with Crippen LogP contribution in [0.2, 0.25) is 5.02 Å². The Balaban J connectivity index is 2.98. The predicted octanol–water partition coefficient (Wildman–Crippen LogP) is 2.77. The fraction of sp³-hybridized carbons (Fsp3) is 0.250. The van der Waals surface area contributed by atoms with Crippen LogP contribution in [0.5, 0.6) is 0 Å². The Morgan fingerprint density at radius 1 is 1.27 bits per heavy atom. The third-order valence-electron chi connectivity index (χ3n) is 1.60. The van der Waals surface area contributed by atoms with Gasteiger partial charge in [-0.25, -0.2) is 8.42 Å². The van der Waals surface area contributed by atoms with Gasteiger partial charge in [-0.05, 0) is 17.7 Å². The summed E-state index contributed by atoms with van der Waals surface area (Å²) in [5.41, 5.74) is -5.21. The van der Waals surface area contributed by atoms with Crippen molar-refractivity contribution in [1.29, 1.82) is 0 Å². The van der Waals surface area contributed by atoms with Crippen molar-refractivity contribution in [2.24, 2.45) is 0 Å². The van der Waals surface area contributed by atoms with Gasteiger partial charge in [-0.2, -0.15) is 13.2 Å². The highest BCUT2D eigenvalue weighted by Gasteiger charge is 2.45. The van der Waals surface area contributed by atoms with E-state index >= 15 is 0 Å². The molecule has 0 bridgehead atoms. The third-order valence-corrected chi connectivity index (χ3v) is 3.25. The normalized spacial score (nSPS) is 12.8. The predicted molar refractivity (Wildman–Crippen MR) is 50.1 cm³/mol. The summed E-state index contributed by atoms with van der Waals surface area (Å²) in [5.74, 6) is -1.09. The zero-order valence-corrected chi connectivity index (χ0v) is 8.83. The lowest BCUT2D eigenvalue weighted by atomic mass is 10.2. The van der Waals surface area contributed by atoms with Gasteiger partial charge in [-0.15, -0.1) is 0 Å². The summed E-state index contributed by atoms with van der Waals surface area (Å²) < 4.78 is 57.5. The Kier molecular flexibility index (Phi) is 3.30. The molecule has 0 unspecified atom stereocenters. The summed E-state index contributed by atoms with van der Waals surface area (Å²) in [6.45, 7) is 0. The largest absolute Gasteiger partial charge is 0.497 e. The summed E-state index contributed by atoms with van der Waals surface area (Å²) in [4.78, 5) is 0. The summed E-state index contributed by atoms with van der Waals surface area (Å²) in [5, 5.41) is 0.199. The second-order valence-electron chi connectivity index (χ2n) is 2.83. The summed E-state index contributed by atoms with van der Waals surface area (Å²) >= 11 is 5.51. The first-order chi connectivity index (χ1) is 6.72. The van der Waals surface area contributed by atoms with Crippen LogP contribution in [0, 0.1) is 0 Å². The molecule has 0 amide bonds. The second-order valence-corrected chi connectivity index (χ2v) is 5.25. The molecule has 15 heavy (non-hydrogen) atoms. The first-order valence-corrected chi connectivity index (χ1v) is 5.79. The van der Waals surface area contributed by atoms with Gasteiger partial charge in [0.05, 0.1) is 5.75 Å². The number of hydrogen-bond donors (Lipinski definition) is 0. The molecule has 0 fully saturated rings. The van der Waals surface area contributed by atoms with Crippen molar-refractivity contribution in [3.8, 4) is 0 Å². The van der Waals surface area contributed by atoms with Crippen molar-refractivity contribution in [2.45, 2.75) is 11.3 Å². The van der Waals surface area contributed by atoms with Gasteiger partial charge in [0.1, 0.15) is 0 Å². The molecule has 0 aliphatic rings. The summed E-state index contributed by atoms with van der Waals surface area (Å²) in [6.07, 6.45) is 0. The molecule has 0 atom stereocenters. The molecule has 0 radical (unpaired) electrons. The average molecular weight is 259 g/mol. The van der Waals surface area contributed by atoms with Crippen molar-refractivity contribution in [3.05, 3.63) is 34.9 Å². The highest BCUT2D eigenvalue weighted by atomic mass is 35.5. The van der Waals surface area contributed by atoms with E-state index < -0.39 is 21.1 Å². The summed E-state index contributed by atoms with van der Waals surface area (Å²) in [7, 11) is -5.13. The van der Waals surface area contributed by atoms with Gasteiger partial charge in [-0.1, -0.05) is 23.7 Å². The van der Waals surface area contributed by atoms with Crippen LogP contribution >= 0.6 is 11.6 Å². The van der Waals surface area contributed by atoms with Crippen molar-refractivity contribution < 1.29 is 21.6 Å². The molecule has 0 spiro atoms. The second kappa shape index (κ2) is 4.02. The first-order valence-electron chi connectivity index (χ1n) is 3.76. The van der Waals surface area contributed by atoms with E-state index in [2.05, 4.69) is 0 Å². The first kappa shape index (κ1) is 12.3. The van der Waals surface area contributed by atoms with Crippen LogP contribution in [0.15, 0.2) is 24.3 Å². The molecular formula is C8H6ClF3O2S. The van der Waals surface area contributed by atoms with Gasteiger partial charge >= 0.3 is 5.51 Å². The van der Waals surface area contributed by atoms with Crippen molar-refractivity contribution in [3.63, 3.8) is 0 Å². The molecule has 7 heteroatoms. The topological polar surface area (TPSA) is 34.1 Å². The van der Waals surface area contributed by atoms with Crippen LogP contribution in [0.1, 0.15) is 5.56 Å². The zero-order valence-electron chi connectivity index (χ0n) is 7.25. The molecule has 0 N–H and O–H groups in total. The number of hydrogen-bond acceptors (Lipinski definition) is 2. The van der Waals surface area contributed by atoms with Crippen LogP contribution < -0.4 is 0 Å². The Morgan fingerprint density at radius 3 is 2.33 bits per heavy atom. The maximum atomic E-state index is 12.0. The van der Waals surface area contributed by atoms with Gasteiger partial charge in [0.25, 0.3) is 9.84 Å². The molecular weight excluding hydrogens is 253 g/mol. The number of sulfone groups is 1. The highest BCUT2D eigenvalue weighted by molar-refractivity contribution is 7.91. The molecule has 0 aliphatic heterocycles. The molecule has 0 aromatic heterocycles. The standard InChI is InChI=1S/C8H6ClF3O2S/c9-7-3-1-2-6(4-7)5-15(13,14)8(10,11)12/h1-4H,5H2. The van der Waals surface area contributed by atoms with Crippen molar-refractivity contribution >= 4 is 21.4 Å². The smallest absolute Gasteiger partial charge is 0.219 e. The Bertz CT molecular complexity index is 453. The Morgan fingerprint density at radius 2 is 1.87 bits per heavy atom. The molecule has 2 nitrogen and oxygen atoms in total. The quantitative estimate of drug-likeness (QED) is 0.817. The maximum absolute atomic E-state index is 12.0. The molecule has 84 valence electrons. The third kappa shape index (κ3) is 3.10. The Labute approximate surface area is 89.6 Å². The molecule has 1 aromatic rings. The zero-order chi connectivity index (χ0) is 11.7. The van der Waals surface area contributed by atoms with Gasteiger partial charge < -0.3 is 0 Å². The van der Waals surface area contributed by atoms with E-state index in [0.29, 0.717) is 0 Å². The van der Waals surface area contributed by atoms with Gasteiger partial charge in [0.2, 0.25) is 0 Å². The summed E-state index contributed by atoms with van der Waals surface area (Å²) in [6, 6.07) is 5.30. The van der Waals surface area contributed by atoms with Crippen LogP contribution in [0.25, 0.3) is 0 Å².